The maximum atomic E-state index is 13.8. The molecule has 2 fully saturated rings. The first-order chi connectivity index (χ1) is 43.6. The molecule has 8 aromatic rings. The van der Waals surface area contributed by atoms with Crippen LogP contribution in [0.15, 0.2) is 207 Å². The van der Waals surface area contributed by atoms with Crippen molar-refractivity contribution in [2.45, 2.75) is 107 Å². The van der Waals surface area contributed by atoms with E-state index < -0.39 is 77.1 Å². The van der Waals surface area contributed by atoms with Crippen LogP contribution in [-0.4, -0.2) is 85.2 Å². The van der Waals surface area contributed by atoms with Crippen molar-refractivity contribution in [1.82, 2.24) is 19.1 Å². The highest BCUT2D eigenvalue weighted by atomic mass is 32.5. The standard InChI is InChI=1S/C70H75N4O14PS/c1-8-9-10-11-12-19-40-89(90,84-46-62-59(41-63(86-62)73-43-47(2)65(75)71-67(73)77)87-70(50-22-17-14-18-23-50,53-28-36-57(81-6)37-29-53)54-30-38-58(82-7)39-31-54)88-60-42-64(74-44-48(3)66(76)72-68(74)78)85-61(60)45-83-69(49-20-15-13-16-21-49,51-24-32-55(79-4)33-25-51)52-26-34-56(80-5)35-27-52/h12-18,20-40,43-44,59-64H,8-11,41-42,45-46H2,1-7H3,(H,71,75,77)(H,72,76,78). The lowest BCUT2D eigenvalue weighted by molar-refractivity contribution is -0.0993. The molecule has 0 radical (unpaired) electrons. The molecule has 10 rings (SSSR count). The van der Waals surface area contributed by atoms with Gasteiger partial charge in [-0.25, -0.2) is 9.59 Å². The number of benzene rings is 6. The number of aromatic nitrogens is 4. The van der Waals surface area contributed by atoms with Gasteiger partial charge in [0, 0.05) is 42.2 Å². The number of H-pyrrole nitrogens is 2. The van der Waals surface area contributed by atoms with Crippen molar-refractivity contribution in [2.24, 2.45) is 0 Å². The third kappa shape index (κ3) is 14.2. The van der Waals surface area contributed by atoms with Crippen molar-refractivity contribution in [1.29, 1.82) is 0 Å². The number of hydrogen-bond acceptors (Lipinski definition) is 15. The molecule has 18 nitrogen and oxygen atoms in total. The number of nitrogens with zero attached hydrogens (tertiary/aromatic N) is 2. The molecule has 7 atom stereocenters. The molecule has 0 spiro atoms. The fourth-order valence-corrected chi connectivity index (χ4v) is 13.7. The lowest BCUT2D eigenvalue weighted by Crippen LogP contribution is -2.41. The zero-order chi connectivity index (χ0) is 63.4. The van der Waals surface area contributed by atoms with Crippen LogP contribution in [0.5, 0.6) is 23.0 Å². The minimum Gasteiger partial charge on any atom is -0.497 e. The summed E-state index contributed by atoms with van der Waals surface area (Å²) in [6.45, 7) is 1.27. The van der Waals surface area contributed by atoms with Crippen molar-refractivity contribution < 1.29 is 46.9 Å². The topological polar surface area (TPSA) is 202 Å². The van der Waals surface area contributed by atoms with Crippen molar-refractivity contribution in [3.05, 3.63) is 274 Å². The van der Waals surface area contributed by atoms with Gasteiger partial charge < -0.3 is 46.9 Å². The normalized spacial score (nSPS) is 18.9. The summed E-state index contributed by atoms with van der Waals surface area (Å²) in [5.74, 6) is 4.21. The predicted molar refractivity (Wildman–Crippen MR) is 347 cm³/mol. The fourth-order valence-electron chi connectivity index (χ4n) is 11.6. The minimum atomic E-state index is -3.73. The Hall–Kier alpha value is -8.19. The molecular weight excluding hydrogens is 1180 g/mol. The molecule has 0 bridgehead atoms. The first kappa shape index (κ1) is 64.8. The van der Waals surface area contributed by atoms with Crippen molar-refractivity contribution in [2.75, 3.05) is 41.7 Å². The molecule has 20 heteroatoms. The Bertz CT molecular complexity index is 3960. The fraction of sp³-hybridized carbons (Fsp3) is 0.329. The summed E-state index contributed by atoms with van der Waals surface area (Å²) < 4.78 is 68.6. The van der Waals surface area contributed by atoms with E-state index >= 15 is 0 Å². The summed E-state index contributed by atoms with van der Waals surface area (Å²) in [6, 6.07) is 50.2. The summed E-state index contributed by atoms with van der Waals surface area (Å²) in [7, 11) is 6.43. The number of rotatable bonds is 27. The number of allylic oxidation sites excluding steroid dienone is 1. The van der Waals surface area contributed by atoms with Gasteiger partial charge in [0.15, 0.2) is 0 Å². The van der Waals surface area contributed by atoms with E-state index in [0.29, 0.717) is 40.5 Å². The van der Waals surface area contributed by atoms with Crippen LogP contribution < -0.4 is 41.4 Å². The van der Waals surface area contributed by atoms with Crippen LogP contribution in [0.3, 0.4) is 0 Å². The van der Waals surface area contributed by atoms with E-state index in [4.69, 9.17) is 58.7 Å². The Kier molecular flexibility index (Phi) is 21.0. The van der Waals surface area contributed by atoms with Crippen LogP contribution in [0, 0.1) is 13.8 Å². The molecule has 4 heterocycles. The minimum absolute atomic E-state index is 0.0597. The van der Waals surface area contributed by atoms with Gasteiger partial charge in [0.1, 0.15) is 58.9 Å². The Morgan fingerprint density at radius 3 is 1.39 bits per heavy atom. The predicted octanol–water partition coefficient (Wildman–Crippen LogP) is 11.7. The maximum Gasteiger partial charge on any atom is 0.330 e. The van der Waals surface area contributed by atoms with Gasteiger partial charge in [-0.1, -0.05) is 129 Å². The number of aryl methyl sites for hydroxylation is 2. The monoisotopic (exact) mass is 1260 g/mol. The molecular formula is C70H75N4O14PS. The first-order valence-corrected chi connectivity index (χ1v) is 32.7. The molecule has 470 valence electrons. The Balaban J connectivity index is 1.07. The molecule has 0 saturated carbocycles. The van der Waals surface area contributed by atoms with Crippen molar-refractivity contribution in [3.8, 4) is 23.0 Å². The second kappa shape index (κ2) is 29.2. The van der Waals surface area contributed by atoms with Gasteiger partial charge in [-0.2, -0.15) is 0 Å². The van der Waals surface area contributed by atoms with E-state index in [-0.39, 0.29) is 26.1 Å². The molecule has 0 aliphatic carbocycles. The zero-order valence-electron chi connectivity index (χ0n) is 51.4. The molecule has 2 aliphatic heterocycles. The zero-order valence-corrected chi connectivity index (χ0v) is 53.1. The number of methoxy groups -OCH3 is 4. The van der Waals surface area contributed by atoms with Gasteiger partial charge in [-0.15, -0.1) is 5.73 Å². The van der Waals surface area contributed by atoms with E-state index in [1.54, 1.807) is 48.1 Å². The largest absolute Gasteiger partial charge is 0.497 e. The molecule has 2 N–H and O–H groups in total. The van der Waals surface area contributed by atoms with E-state index in [1.807, 2.05) is 164 Å². The highest BCUT2D eigenvalue weighted by Gasteiger charge is 2.49. The second-order valence-electron chi connectivity index (χ2n) is 22.1. The quantitative estimate of drug-likeness (QED) is 0.0213. The van der Waals surface area contributed by atoms with Gasteiger partial charge in [0.25, 0.3) is 11.1 Å². The van der Waals surface area contributed by atoms with Crippen LogP contribution in [0.2, 0.25) is 0 Å². The lowest BCUT2D eigenvalue weighted by atomic mass is 9.79. The maximum absolute atomic E-state index is 13.8. The summed E-state index contributed by atoms with van der Waals surface area (Å²) in [6.07, 6.45) is 3.05. The molecule has 7 unspecified atom stereocenters. The number of unbranched alkanes of at least 4 members (excludes halogenated alkanes) is 3. The molecule has 2 aromatic heterocycles. The summed E-state index contributed by atoms with van der Waals surface area (Å²) in [4.78, 5) is 58.2. The van der Waals surface area contributed by atoms with E-state index in [2.05, 4.69) is 22.6 Å². The highest BCUT2D eigenvalue weighted by Crippen LogP contribution is 2.55. The van der Waals surface area contributed by atoms with Gasteiger partial charge in [0.05, 0.1) is 53.9 Å². The van der Waals surface area contributed by atoms with Crippen LogP contribution >= 0.6 is 6.49 Å². The smallest absolute Gasteiger partial charge is 0.330 e. The molecule has 0 amide bonds. The number of hydrogen-bond donors (Lipinski definition) is 2. The molecule has 2 aliphatic rings. The van der Waals surface area contributed by atoms with E-state index in [0.717, 1.165) is 52.6 Å². The third-order valence-electron chi connectivity index (χ3n) is 16.4. The van der Waals surface area contributed by atoms with E-state index in [9.17, 15) is 19.2 Å². The lowest BCUT2D eigenvalue weighted by Gasteiger charge is -2.39. The number of nitrogens with one attached hydrogen (secondary N) is 2. The SMILES string of the molecule is CCCCCC=C=CP(=S)(OCC1OC(n2cc(C)c(=O)[nH]c2=O)CC1OC(c1ccccc1)(c1ccc(OC)cc1)c1ccc(OC)cc1)OC1CC(n2cc(C)c(=O)[nH]c2=O)OC1COC(c1ccccc1)(c1ccc(OC)cc1)c1ccc(OC)cc1. The Labute approximate surface area is 527 Å². The highest BCUT2D eigenvalue weighted by molar-refractivity contribution is 8.11. The molecule has 6 aromatic carbocycles. The van der Waals surface area contributed by atoms with Crippen molar-refractivity contribution in [3.63, 3.8) is 0 Å². The summed E-state index contributed by atoms with van der Waals surface area (Å²) in [5, 5.41) is 0. The first-order valence-electron chi connectivity index (χ1n) is 29.9. The van der Waals surface area contributed by atoms with Gasteiger partial charge in [-0.05, 0) is 126 Å². The molecule has 2 saturated heterocycles. The average molecular weight is 1260 g/mol. The van der Waals surface area contributed by atoms with Crippen molar-refractivity contribution >= 4 is 18.3 Å². The number of aromatic amines is 2. The Morgan fingerprint density at radius 2 is 0.956 bits per heavy atom. The van der Waals surface area contributed by atoms with Crippen LogP contribution in [0.4, 0.5) is 0 Å². The van der Waals surface area contributed by atoms with Gasteiger partial charge in [-0.3, -0.25) is 28.7 Å². The van der Waals surface area contributed by atoms with Crippen LogP contribution in [0.25, 0.3) is 0 Å². The van der Waals surface area contributed by atoms with Crippen LogP contribution in [0.1, 0.15) is 102 Å². The summed E-state index contributed by atoms with van der Waals surface area (Å²) >= 11 is 6.66. The van der Waals surface area contributed by atoms with Gasteiger partial charge >= 0.3 is 11.4 Å². The third-order valence-corrected chi connectivity index (χ3v) is 18.8. The van der Waals surface area contributed by atoms with Crippen LogP contribution in [-0.2, 0) is 51.0 Å². The summed E-state index contributed by atoms with van der Waals surface area (Å²) in [5.41, 5.74) is 3.50. The number of ether oxygens (including phenoxy) is 8. The van der Waals surface area contributed by atoms with E-state index in [1.165, 1.54) is 21.5 Å². The second-order valence-corrected chi connectivity index (χ2v) is 25.5. The Morgan fingerprint density at radius 1 is 0.556 bits per heavy atom. The van der Waals surface area contributed by atoms with Gasteiger partial charge in [0.2, 0.25) is 6.49 Å². The molecule has 90 heavy (non-hydrogen) atoms. The average Bonchev–Trinajstić information content (AvgIpc) is 1.04.